The van der Waals surface area contributed by atoms with Gasteiger partial charge >= 0.3 is 0 Å². The number of methoxy groups -OCH3 is 1. The van der Waals surface area contributed by atoms with Crippen molar-refractivity contribution in [1.29, 1.82) is 0 Å². The second kappa shape index (κ2) is 3.83. The molecule has 3 heteroatoms. The standard InChI is InChI=1S/C13H15NO2/c1-15-12-6-2-4-10-9-5-3-7-14-11(9)8-16-13(10)12/h2,4-6,11,14H,3,7-8H2,1H3/t11-/m0/s1. The monoisotopic (exact) mass is 217 g/mol. The smallest absolute Gasteiger partial charge is 0.168 e. The fourth-order valence-electron chi connectivity index (χ4n) is 2.40. The molecule has 3 rings (SSSR count). The predicted octanol–water partition coefficient (Wildman–Crippen LogP) is 1.83. The molecule has 0 aliphatic carbocycles. The lowest BCUT2D eigenvalue weighted by molar-refractivity contribution is 0.260. The van der Waals surface area contributed by atoms with E-state index in [9.17, 15) is 0 Å². The van der Waals surface area contributed by atoms with E-state index >= 15 is 0 Å². The molecule has 0 radical (unpaired) electrons. The van der Waals surface area contributed by atoms with Gasteiger partial charge in [0.2, 0.25) is 0 Å². The third-order valence-electron chi connectivity index (χ3n) is 3.18. The maximum absolute atomic E-state index is 5.79. The molecule has 0 bridgehead atoms. The SMILES string of the molecule is COc1cccc2c1OC[C@@H]1NCCC=C21. The second-order valence-corrected chi connectivity index (χ2v) is 4.10. The Kier molecular flexibility index (Phi) is 2.33. The van der Waals surface area contributed by atoms with Crippen molar-refractivity contribution < 1.29 is 9.47 Å². The van der Waals surface area contributed by atoms with Gasteiger partial charge < -0.3 is 14.8 Å². The highest BCUT2D eigenvalue weighted by Gasteiger charge is 2.28. The number of fused-ring (bicyclic) bond motifs is 3. The maximum Gasteiger partial charge on any atom is 0.168 e. The lowest BCUT2D eigenvalue weighted by Gasteiger charge is -2.32. The van der Waals surface area contributed by atoms with E-state index in [0.717, 1.165) is 24.5 Å². The molecular weight excluding hydrogens is 202 g/mol. The van der Waals surface area contributed by atoms with Crippen LogP contribution in [-0.2, 0) is 0 Å². The summed E-state index contributed by atoms with van der Waals surface area (Å²) in [5, 5.41) is 3.47. The summed E-state index contributed by atoms with van der Waals surface area (Å²) >= 11 is 0. The minimum Gasteiger partial charge on any atom is -0.493 e. The Labute approximate surface area is 95.1 Å². The van der Waals surface area contributed by atoms with E-state index in [0.29, 0.717) is 12.6 Å². The van der Waals surface area contributed by atoms with E-state index in [2.05, 4.69) is 17.5 Å². The highest BCUT2D eigenvalue weighted by molar-refractivity contribution is 5.78. The average Bonchev–Trinajstić information content (AvgIpc) is 2.37. The van der Waals surface area contributed by atoms with Gasteiger partial charge in [0.15, 0.2) is 11.5 Å². The summed E-state index contributed by atoms with van der Waals surface area (Å²) in [7, 11) is 1.68. The summed E-state index contributed by atoms with van der Waals surface area (Å²) in [6.45, 7) is 1.73. The summed E-state index contributed by atoms with van der Waals surface area (Å²) in [4.78, 5) is 0. The van der Waals surface area contributed by atoms with Crippen molar-refractivity contribution in [2.75, 3.05) is 20.3 Å². The number of hydrogen-bond acceptors (Lipinski definition) is 3. The van der Waals surface area contributed by atoms with Crippen LogP contribution in [-0.4, -0.2) is 26.3 Å². The Balaban J connectivity index is 2.12. The molecule has 0 unspecified atom stereocenters. The molecule has 16 heavy (non-hydrogen) atoms. The fourth-order valence-corrected chi connectivity index (χ4v) is 2.40. The molecule has 1 atom stereocenters. The zero-order valence-corrected chi connectivity index (χ0v) is 9.32. The van der Waals surface area contributed by atoms with Crippen molar-refractivity contribution in [2.24, 2.45) is 0 Å². The Morgan fingerprint density at radius 2 is 2.38 bits per heavy atom. The number of nitrogens with one attached hydrogen (secondary N) is 1. The summed E-state index contributed by atoms with van der Waals surface area (Å²) in [5.41, 5.74) is 2.52. The zero-order valence-electron chi connectivity index (χ0n) is 9.32. The molecule has 1 aromatic rings. The summed E-state index contributed by atoms with van der Waals surface area (Å²) in [6, 6.07) is 6.39. The van der Waals surface area contributed by atoms with Gasteiger partial charge in [0.05, 0.1) is 13.2 Å². The molecule has 0 spiro atoms. The lowest BCUT2D eigenvalue weighted by Crippen LogP contribution is -2.41. The number of benzene rings is 1. The van der Waals surface area contributed by atoms with Gasteiger partial charge in [0.25, 0.3) is 0 Å². The van der Waals surface area contributed by atoms with E-state index in [1.807, 2.05) is 12.1 Å². The molecular formula is C13H15NO2. The van der Waals surface area contributed by atoms with Crippen molar-refractivity contribution in [2.45, 2.75) is 12.5 Å². The molecule has 2 aliphatic heterocycles. The van der Waals surface area contributed by atoms with Crippen LogP contribution in [0.15, 0.2) is 24.3 Å². The third-order valence-corrected chi connectivity index (χ3v) is 3.18. The molecule has 2 aliphatic rings. The van der Waals surface area contributed by atoms with Crippen molar-refractivity contribution in [3.63, 3.8) is 0 Å². The van der Waals surface area contributed by atoms with Crippen LogP contribution in [0.3, 0.4) is 0 Å². The van der Waals surface area contributed by atoms with E-state index in [1.165, 1.54) is 11.1 Å². The van der Waals surface area contributed by atoms with Gasteiger partial charge in [0, 0.05) is 5.56 Å². The first kappa shape index (κ1) is 9.73. The average molecular weight is 217 g/mol. The van der Waals surface area contributed by atoms with Gasteiger partial charge in [-0.25, -0.2) is 0 Å². The van der Waals surface area contributed by atoms with Crippen LogP contribution in [0.4, 0.5) is 0 Å². The Morgan fingerprint density at radius 1 is 1.44 bits per heavy atom. The molecule has 0 fully saturated rings. The maximum atomic E-state index is 5.79. The minimum absolute atomic E-state index is 0.341. The van der Waals surface area contributed by atoms with Crippen molar-refractivity contribution >= 4 is 5.57 Å². The van der Waals surface area contributed by atoms with Gasteiger partial charge in [-0.3, -0.25) is 0 Å². The highest BCUT2D eigenvalue weighted by atomic mass is 16.5. The molecule has 1 aromatic carbocycles. The molecule has 0 amide bonds. The van der Waals surface area contributed by atoms with Crippen molar-refractivity contribution in [1.82, 2.24) is 5.32 Å². The first-order valence-electron chi connectivity index (χ1n) is 5.64. The third kappa shape index (κ3) is 1.39. The quantitative estimate of drug-likeness (QED) is 0.778. The Bertz CT molecular complexity index is 440. The fraction of sp³-hybridized carbons (Fsp3) is 0.385. The molecule has 0 aromatic heterocycles. The zero-order chi connectivity index (χ0) is 11.0. The largest absolute Gasteiger partial charge is 0.493 e. The molecule has 84 valence electrons. The molecule has 0 saturated carbocycles. The normalized spacial score (nSPS) is 22.6. The van der Waals surface area contributed by atoms with Crippen LogP contribution in [0.25, 0.3) is 5.57 Å². The number of ether oxygens (including phenoxy) is 2. The van der Waals surface area contributed by atoms with Crippen molar-refractivity contribution in [3.8, 4) is 11.5 Å². The lowest BCUT2D eigenvalue weighted by atomic mass is 9.92. The topological polar surface area (TPSA) is 30.5 Å². The van der Waals surface area contributed by atoms with Gasteiger partial charge in [-0.05, 0) is 24.6 Å². The number of rotatable bonds is 1. The van der Waals surface area contributed by atoms with Gasteiger partial charge in [-0.15, -0.1) is 0 Å². The summed E-state index contributed by atoms with van der Waals surface area (Å²) in [5.74, 6) is 1.71. The Hall–Kier alpha value is -1.48. The van der Waals surface area contributed by atoms with Crippen LogP contribution in [0.5, 0.6) is 11.5 Å². The van der Waals surface area contributed by atoms with Crippen LogP contribution in [0.2, 0.25) is 0 Å². The van der Waals surface area contributed by atoms with Gasteiger partial charge in [0.1, 0.15) is 6.61 Å². The van der Waals surface area contributed by atoms with E-state index in [1.54, 1.807) is 7.11 Å². The van der Waals surface area contributed by atoms with Crippen LogP contribution in [0.1, 0.15) is 12.0 Å². The van der Waals surface area contributed by atoms with Gasteiger partial charge in [-0.1, -0.05) is 18.2 Å². The number of para-hydroxylation sites is 1. The first-order chi connectivity index (χ1) is 7.90. The van der Waals surface area contributed by atoms with E-state index in [4.69, 9.17) is 9.47 Å². The molecule has 0 saturated heterocycles. The summed E-state index contributed by atoms with van der Waals surface area (Å²) < 4.78 is 11.1. The predicted molar refractivity (Wildman–Crippen MR) is 62.9 cm³/mol. The minimum atomic E-state index is 0.341. The van der Waals surface area contributed by atoms with Crippen LogP contribution < -0.4 is 14.8 Å². The van der Waals surface area contributed by atoms with E-state index < -0.39 is 0 Å². The van der Waals surface area contributed by atoms with Crippen LogP contribution in [0, 0.1) is 0 Å². The Morgan fingerprint density at radius 3 is 3.25 bits per heavy atom. The summed E-state index contributed by atoms with van der Waals surface area (Å²) in [6.07, 6.45) is 3.39. The first-order valence-corrected chi connectivity index (χ1v) is 5.64. The highest BCUT2D eigenvalue weighted by Crippen LogP contribution is 2.40. The van der Waals surface area contributed by atoms with Crippen molar-refractivity contribution in [3.05, 3.63) is 29.8 Å². The number of hydrogen-bond donors (Lipinski definition) is 1. The molecule has 1 N–H and O–H groups in total. The van der Waals surface area contributed by atoms with E-state index in [-0.39, 0.29) is 0 Å². The van der Waals surface area contributed by atoms with Gasteiger partial charge in [-0.2, -0.15) is 0 Å². The molecule has 3 nitrogen and oxygen atoms in total. The molecule has 2 heterocycles. The van der Waals surface area contributed by atoms with Crippen LogP contribution >= 0.6 is 0 Å². The second-order valence-electron chi connectivity index (χ2n) is 4.10.